The number of aromatic nitrogens is 3. The van der Waals surface area contributed by atoms with Crippen LogP contribution in [0.15, 0.2) is 54.6 Å². The summed E-state index contributed by atoms with van der Waals surface area (Å²) in [6, 6.07) is 18.4. The fourth-order valence-electron chi connectivity index (χ4n) is 3.61. The Kier molecular flexibility index (Phi) is 4.47. The second kappa shape index (κ2) is 6.92. The van der Waals surface area contributed by atoms with E-state index in [0.717, 1.165) is 35.8 Å². The molecule has 1 heterocycles. The minimum atomic E-state index is -0.0670. The summed E-state index contributed by atoms with van der Waals surface area (Å²) in [7, 11) is 1.68. The van der Waals surface area contributed by atoms with E-state index in [9.17, 15) is 5.11 Å². The van der Waals surface area contributed by atoms with Gasteiger partial charge in [-0.3, -0.25) is 0 Å². The molecule has 1 saturated carbocycles. The minimum absolute atomic E-state index is 0.0509. The molecule has 0 atom stereocenters. The van der Waals surface area contributed by atoms with Crippen LogP contribution in [0.1, 0.15) is 35.6 Å². The number of aliphatic hydroxyl groups excluding tert-OH is 1. The number of hydrogen-bond acceptors (Lipinski definition) is 4. The summed E-state index contributed by atoms with van der Waals surface area (Å²) in [5.74, 6) is 2.57. The Morgan fingerprint density at radius 3 is 2.50 bits per heavy atom. The SMILES string of the molecule is COc1ccccc1Cc1nc(C2(c3ccccc3)CC2)n(CCO)n1. The smallest absolute Gasteiger partial charge is 0.155 e. The number of para-hydroxylation sites is 1. The summed E-state index contributed by atoms with van der Waals surface area (Å²) < 4.78 is 7.33. The first kappa shape index (κ1) is 16.8. The van der Waals surface area contributed by atoms with Crippen molar-refractivity contribution in [1.29, 1.82) is 0 Å². The molecule has 0 amide bonds. The van der Waals surface area contributed by atoms with Crippen molar-refractivity contribution in [1.82, 2.24) is 14.8 Å². The third kappa shape index (κ3) is 2.99. The zero-order chi connectivity index (χ0) is 18.0. The van der Waals surface area contributed by atoms with Gasteiger partial charge in [0, 0.05) is 12.0 Å². The first-order chi connectivity index (χ1) is 12.8. The van der Waals surface area contributed by atoms with Gasteiger partial charge in [0.15, 0.2) is 5.82 Å². The molecule has 0 spiro atoms. The molecule has 1 aromatic heterocycles. The van der Waals surface area contributed by atoms with E-state index in [4.69, 9.17) is 14.8 Å². The molecule has 3 aromatic rings. The van der Waals surface area contributed by atoms with E-state index in [0.29, 0.717) is 13.0 Å². The average molecular weight is 349 g/mol. The Morgan fingerprint density at radius 2 is 1.81 bits per heavy atom. The van der Waals surface area contributed by atoms with Crippen LogP contribution in [0, 0.1) is 0 Å². The van der Waals surface area contributed by atoms with Gasteiger partial charge in [-0.15, -0.1) is 0 Å². The van der Waals surface area contributed by atoms with Gasteiger partial charge >= 0.3 is 0 Å². The predicted molar refractivity (Wildman–Crippen MR) is 99.4 cm³/mol. The van der Waals surface area contributed by atoms with Crippen LogP contribution >= 0.6 is 0 Å². The van der Waals surface area contributed by atoms with Crippen molar-refractivity contribution in [2.45, 2.75) is 31.2 Å². The molecule has 0 unspecified atom stereocenters. The summed E-state index contributed by atoms with van der Waals surface area (Å²) in [5.41, 5.74) is 2.27. The molecule has 0 radical (unpaired) electrons. The van der Waals surface area contributed by atoms with E-state index >= 15 is 0 Å². The second-order valence-corrected chi connectivity index (χ2v) is 6.74. The van der Waals surface area contributed by atoms with Crippen molar-refractivity contribution in [2.24, 2.45) is 0 Å². The maximum Gasteiger partial charge on any atom is 0.155 e. The van der Waals surface area contributed by atoms with Crippen LogP contribution < -0.4 is 4.74 Å². The van der Waals surface area contributed by atoms with Crippen LogP contribution in [0.3, 0.4) is 0 Å². The molecule has 1 fully saturated rings. The van der Waals surface area contributed by atoms with Gasteiger partial charge in [0.1, 0.15) is 11.6 Å². The van der Waals surface area contributed by atoms with Crippen LogP contribution in [0.25, 0.3) is 0 Å². The number of aliphatic hydroxyl groups is 1. The first-order valence-electron chi connectivity index (χ1n) is 8.99. The lowest BCUT2D eigenvalue weighted by atomic mass is 9.95. The van der Waals surface area contributed by atoms with Gasteiger partial charge in [-0.05, 0) is 24.5 Å². The highest BCUT2D eigenvalue weighted by Crippen LogP contribution is 2.52. The zero-order valence-electron chi connectivity index (χ0n) is 14.9. The van der Waals surface area contributed by atoms with E-state index in [-0.39, 0.29) is 12.0 Å². The van der Waals surface area contributed by atoms with Crippen LogP contribution in [-0.2, 0) is 18.4 Å². The fraction of sp³-hybridized carbons (Fsp3) is 0.333. The summed E-state index contributed by atoms with van der Waals surface area (Å²) in [5, 5.41) is 14.2. The predicted octanol–water partition coefficient (Wildman–Crippen LogP) is 2.95. The Labute approximate surface area is 153 Å². The largest absolute Gasteiger partial charge is 0.496 e. The molecule has 134 valence electrons. The second-order valence-electron chi connectivity index (χ2n) is 6.74. The average Bonchev–Trinajstić information content (AvgIpc) is 3.40. The van der Waals surface area contributed by atoms with Crippen LogP contribution in [-0.4, -0.2) is 33.6 Å². The molecule has 1 aliphatic carbocycles. The zero-order valence-corrected chi connectivity index (χ0v) is 14.9. The number of nitrogens with zero attached hydrogens (tertiary/aromatic N) is 3. The number of methoxy groups -OCH3 is 1. The van der Waals surface area contributed by atoms with Crippen molar-refractivity contribution in [3.63, 3.8) is 0 Å². The monoisotopic (exact) mass is 349 g/mol. The van der Waals surface area contributed by atoms with E-state index in [1.807, 2.05) is 35.0 Å². The van der Waals surface area contributed by atoms with Crippen LogP contribution in [0.2, 0.25) is 0 Å². The summed E-state index contributed by atoms with van der Waals surface area (Å²) in [4.78, 5) is 4.90. The van der Waals surface area contributed by atoms with E-state index in [1.165, 1.54) is 5.56 Å². The van der Waals surface area contributed by atoms with Gasteiger partial charge in [0.25, 0.3) is 0 Å². The number of hydrogen-bond donors (Lipinski definition) is 1. The van der Waals surface area contributed by atoms with Crippen molar-refractivity contribution >= 4 is 0 Å². The summed E-state index contributed by atoms with van der Waals surface area (Å²) >= 11 is 0. The Hall–Kier alpha value is -2.66. The van der Waals surface area contributed by atoms with E-state index in [2.05, 4.69) is 24.3 Å². The third-order valence-electron chi connectivity index (χ3n) is 5.07. The lowest BCUT2D eigenvalue weighted by Crippen LogP contribution is -2.18. The van der Waals surface area contributed by atoms with Crippen LogP contribution in [0.4, 0.5) is 0 Å². The molecule has 5 nitrogen and oxygen atoms in total. The molecular weight excluding hydrogens is 326 g/mol. The summed E-state index contributed by atoms with van der Waals surface area (Å²) in [6.07, 6.45) is 2.74. The normalized spacial score (nSPS) is 15.0. The third-order valence-corrected chi connectivity index (χ3v) is 5.07. The highest BCUT2D eigenvalue weighted by molar-refractivity contribution is 5.40. The van der Waals surface area contributed by atoms with Gasteiger partial charge < -0.3 is 9.84 Å². The molecule has 2 aromatic carbocycles. The van der Waals surface area contributed by atoms with Gasteiger partial charge in [-0.1, -0.05) is 48.5 Å². The van der Waals surface area contributed by atoms with Gasteiger partial charge in [-0.25, -0.2) is 9.67 Å². The Balaban J connectivity index is 1.70. The molecule has 0 bridgehead atoms. The van der Waals surface area contributed by atoms with Crippen molar-refractivity contribution in [3.05, 3.63) is 77.4 Å². The molecule has 0 aliphatic heterocycles. The van der Waals surface area contributed by atoms with Crippen molar-refractivity contribution < 1.29 is 9.84 Å². The molecule has 4 rings (SSSR count). The topological polar surface area (TPSA) is 60.2 Å². The summed E-state index contributed by atoms with van der Waals surface area (Å²) in [6.45, 7) is 0.512. The highest BCUT2D eigenvalue weighted by Gasteiger charge is 2.49. The molecule has 5 heteroatoms. The maximum atomic E-state index is 9.47. The van der Waals surface area contributed by atoms with Crippen molar-refractivity contribution in [3.8, 4) is 5.75 Å². The Bertz CT molecular complexity index is 885. The number of rotatable bonds is 7. The lowest BCUT2D eigenvalue weighted by molar-refractivity contribution is 0.265. The molecule has 1 N–H and O–H groups in total. The number of benzene rings is 2. The van der Waals surface area contributed by atoms with Crippen LogP contribution in [0.5, 0.6) is 5.75 Å². The van der Waals surface area contributed by atoms with E-state index < -0.39 is 0 Å². The standard InChI is InChI=1S/C21H23N3O2/c1-26-18-10-6-5-7-16(18)15-19-22-20(24(23-19)13-14-25)21(11-12-21)17-8-3-2-4-9-17/h2-10,25H,11-15H2,1H3. The molecule has 1 aliphatic rings. The highest BCUT2D eigenvalue weighted by atomic mass is 16.5. The fourth-order valence-corrected chi connectivity index (χ4v) is 3.61. The van der Waals surface area contributed by atoms with E-state index in [1.54, 1.807) is 7.11 Å². The maximum absolute atomic E-state index is 9.47. The molecular formula is C21H23N3O2. The number of ether oxygens (including phenoxy) is 1. The van der Waals surface area contributed by atoms with Gasteiger partial charge in [0.2, 0.25) is 0 Å². The lowest BCUT2D eigenvalue weighted by Gasteiger charge is -2.15. The molecule has 0 saturated heterocycles. The van der Waals surface area contributed by atoms with Gasteiger partial charge in [-0.2, -0.15) is 5.10 Å². The quantitative estimate of drug-likeness (QED) is 0.712. The molecule has 26 heavy (non-hydrogen) atoms. The Morgan fingerprint density at radius 1 is 1.08 bits per heavy atom. The first-order valence-corrected chi connectivity index (χ1v) is 8.99. The minimum Gasteiger partial charge on any atom is -0.496 e. The van der Waals surface area contributed by atoms with Gasteiger partial charge in [0.05, 0.1) is 25.7 Å². The van der Waals surface area contributed by atoms with Crippen molar-refractivity contribution in [2.75, 3.05) is 13.7 Å².